The molecule has 4 nitrogen and oxygen atoms in total. The summed E-state index contributed by atoms with van der Waals surface area (Å²) in [6.07, 6.45) is 2.26. The zero-order valence-electron chi connectivity index (χ0n) is 11.6. The number of benzene rings is 1. The molecule has 1 unspecified atom stereocenters. The Morgan fingerprint density at radius 1 is 1.42 bits per heavy atom. The van der Waals surface area contributed by atoms with Crippen molar-refractivity contribution >= 4 is 5.91 Å². The Labute approximate surface area is 115 Å². The highest BCUT2D eigenvalue weighted by Gasteiger charge is 2.24. The zero-order chi connectivity index (χ0) is 13.7. The molecule has 0 aliphatic carbocycles. The molecule has 1 atom stereocenters. The van der Waals surface area contributed by atoms with Crippen LogP contribution in [0.3, 0.4) is 0 Å². The lowest BCUT2D eigenvalue weighted by molar-refractivity contribution is -0.122. The maximum Gasteiger partial charge on any atom is 0.234 e. The van der Waals surface area contributed by atoms with Crippen LogP contribution in [0, 0.1) is 6.92 Å². The van der Waals surface area contributed by atoms with E-state index in [4.69, 9.17) is 5.73 Å². The standard InChI is InChI=1S/C15H23N3O/c1-12-4-6-13(7-5-12)10-17-15(19)11-18-8-2-3-14(18)9-16/h4-7,14H,2-3,8-11,16H2,1H3,(H,17,19). The summed E-state index contributed by atoms with van der Waals surface area (Å²) in [5.74, 6) is 0.0842. The molecule has 3 N–H and O–H groups in total. The lowest BCUT2D eigenvalue weighted by Crippen LogP contribution is -2.42. The summed E-state index contributed by atoms with van der Waals surface area (Å²) in [6.45, 7) is 4.75. The Hall–Kier alpha value is -1.39. The number of hydrogen-bond acceptors (Lipinski definition) is 3. The van der Waals surface area contributed by atoms with E-state index in [-0.39, 0.29) is 5.91 Å². The molecule has 104 valence electrons. The van der Waals surface area contributed by atoms with Crippen molar-refractivity contribution in [2.24, 2.45) is 5.73 Å². The molecular weight excluding hydrogens is 238 g/mol. The van der Waals surface area contributed by atoms with Crippen molar-refractivity contribution in [1.29, 1.82) is 0 Å². The van der Waals surface area contributed by atoms with Crippen molar-refractivity contribution in [2.75, 3.05) is 19.6 Å². The monoisotopic (exact) mass is 261 g/mol. The fraction of sp³-hybridized carbons (Fsp3) is 0.533. The number of nitrogens with one attached hydrogen (secondary N) is 1. The molecule has 0 radical (unpaired) electrons. The predicted octanol–water partition coefficient (Wildman–Crippen LogP) is 1.03. The van der Waals surface area contributed by atoms with Crippen molar-refractivity contribution in [3.05, 3.63) is 35.4 Å². The minimum absolute atomic E-state index is 0.0842. The van der Waals surface area contributed by atoms with Crippen LogP contribution in [0.1, 0.15) is 24.0 Å². The molecule has 1 saturated heterocycles. The second-order valence-corrected chi connectivity index (χ2v) is 5.26. The van der Waals surface area contributed by atoms with Crippen molar-refractivity contribution in [1.82, 2.24) is 10.2 Å². The summed E-state index contributed by atoms with van der Waals surface area (Å²) in [5, 5.41) is 2.97. The number of hydrogen-bond donors (Lipinski definition) is 2. The molecule has 1 aromatic rings. The minimum Gasteiger partial charge on any atom is -0.351 e. The van der Waals surface area contributed by atoms with Gasteiger partial charge in [-0.1, -0.05) is 29.8 Å². The normalized spacial score (nSPS) is 19.6. The average molecular weight is 261 g/mol. The van der Waals surface area contributed by atoms with E-state index in [0.717, 1.165) is 24.9 Å². The zero-order valence-corrected chi connectivity index (χ0v) is 11.6. The number of carbonyl (C=O) groups excluding carboxylic acids is 1. The molecule has 4 heteroatoms. The Morgan fingerprint density at radius 2 is 2.16 bits per heavy atom. The molecule has 1 aliphatic rings. The van der Waals surface area contributed by atoms with Crippen molar-refractivity contribution in [3.8, 4) is 0 Å². The molecule has 1 amide bonds. The van der Waals surface area contributed by atoms with Gasteiger partial charge < -0.3 is 11.1 Å². The first-order valence-corrected chi connectivity index (χ1v) is 6.95. The first kappa shape index (κ1) is 14.0. The van der Waals surface area contributed by atoms with E-state index in [9.17, 15) is 4.79 Å². The lowest BCUT2D eigenvalue weighted by atomic mass is 10.1. The summed E-state index contributed by atoms with van der Waals surface area (Å²) in [7, 11) is 0. The van der Waals surface area contributed by atoms with E-state index in [1.54, 1.807) is 0 Å². The van der Waals surface area contributed by atoms with Crippen LogP contribution in [0.15, 0.2) is 24.3 Å². The number of amides is 1. The van der Waals surface area contributed by atoms with Crippen LogP contribution in [-0.2, 0) is 11.3 Å². The van der Waals surface area contributed by atoms with Crippen LogP contribution in [0.25, 0.3) is 0 Å². The fourth-order valence-corrected chi connectivity index (χ4v) is 2.52. The first-order valence-electron chi connectivity index (χ1n) is 6.95. The van der Waals surface area contributed by atoms with Gasteiger partial charge in [0.2, 0.25) is 5.91 Å². The summed E-state index contributed by atoms with van der Waals surface area (Å²) < 4.78 is 0. The Kier molecular flexibility index (Phi) is 4.93. The molecule has 0 spiro atoms. The van der Waals surface area contributed by atoms with Crippen LogP contribution in [-0.4, -0.2) is 36.5 Å². The lowest BCUT2D eigenvalue weighted by Gasteiger charge is -2.22. The third kappa shape index (κ3) is 4.04. The summed E-state index contributed by atoms with van der Waals surface area (Å²) in [5.41, 5.74) is 8.07. The van der Waals surface area contributed by atoms with Crippen LogP contribution < -0.4 is 11.1 Å². The number of likely N-dealkylation sites (tertiary alicyclic amines) is 1. The molecule has 0 aromatic heterocycles. The molecule has 0 bridgehead atoms. The topological polar surface area (TPSA) is 58.4 Å². The van der Waals surface area contributed by atoms with Crippen LogP contribution in [0.2, 0.25) is 0 Å². The third-order valence-corrected chi connectivity index (χ3v) is 3.73. The highest BCUT2D eigenvalue weighted by Crippen LogP contribution is 2.15. The van der Waals surface area contributed by atoms with Crippen molar-refractivity contribution in [3.63, 3.8) is 0 Å². The molecule has 1 fully saturated rings. The second-order valence-electron chi connectivity index (χ2n) is 5.26. The highest BCUT2D eigenvalue weighted by molar-refractivity contribution is 5.78. The van der Waals surface area contributed by atoms with Crippen molar-refractivity contribution < 1.29 is 4.79 Å². The minimum atomic E-state index is 0.0842. The number of carbonyl (C=O) groups is 1. The molecule has 2 rings (SSSR count). The Balaban J connectivity index is 1.77. The molecule has 19 heavy (non-hydrogen) atoms. The molecule has 1 aliphatic heterocycles. The van der Waals surface area contributed by atoms with E-state index in [1.807, 2.05) is 12.1 Å². The molecule has 0 saturated carbocycles. The summed E-state index contributed by atoms with van der Waals surface area (Å²) >= 11 is 0. The van der Waals surface area contributed by atoms with E-state index >= 15 is 0 Å². The molecule has 1 aromatic carbocycles. The van der Waals surface area contributed by atoms with Gasteiger partial charge in [0.25, 0.3) is 0 Å². The average Bonchev–Trinajstić information content (AvgIpc) is 2.85. The first-order chi connectivity index (χ1) is 9.19. The number of aryl methyl sites for hydroxylation is 1. The fourth-order valence-electron chi connectivity index (χ4n) is 2.52. The number of nitrogens with zero attached hydrogens (tertiary/aromatic N) is 1. The SMILES string of the molecule is Cc1ccc(CNC(=O)CN2CCCC2CN)cc1. The van der Waals surface area contributed by atoms with E-state index in [1.165, 1.54) is 5.56 Å². The largest absolute Gasteiger partial charge is 0.351 e. The summed E-state index contributed by atoms with van der Waals surface area (Å²) in [4.78, 5) is 14.1. The maximum atomic E-state index is 11.9. The van der Waals surface area contributed by atoms with Gasteiger partial charge in [-0.05, 0) is 31.9 Å². The second kappa shape index (κ2) is 6.68. The third-order valence-electron chi connectivity index (χ3n) is 3.73. The van der Waals surface area contributed by atoms with Gasteiger partial charge in [-0.2, -0.15) is 0 Å². The smallest absolute Gasteiger partial charge is 0.234 e. The van der Waals surface area contributed by atoms with E-state index in [0.29, 0.717) is 25.7 Å². The van der Waals surface area contributed by atoms with Gasteiger partial charge in [-0.25, -0.2) is 0 Å². The van der Waals surface area contributed by atoms with Crippen LogP contribution in [0.5, 0.6) is 0 Å². The summed E-state index contributed by atoms with van der Waals surface area (Å²) in [6, 6.07) is 8.60. The highest BCUT2D eigenvalue weighted by atomic mass is 16.2. The van der Waals surface area contributed by atoms with Crippen LogP contribution in [0.4, 0.5) is 0 Å². The van der Waals surface area contributed by atoms with Gasteiger partial charge in [0.15, 0.2) is 0 Å². The van der Waals surface area contributed by atoms with Gasteiger partial charge in [0, 0.05) is 19.1 Å². The van der Waals surface area contributed by atoms with Gasteiger partial charge in [-0.15, -0.1) is 0 Å². The van der Waals surface area contributed by atoms with Gasteiger partial charge in [-0.3, -0.25) is 9.69 Å². The van der Waals surface area contributed by atoms with Gasteiger partial charge in [0.05, 0.1) is 6.54 Å². The molecular formula is C15H23N3O. The number of nitrogens with two attached hydrogens (primary N) is 1. The van der Waals surface area contributed by atoms with E-state index in [2.05, 4.69) is 29.3 Å². The Morgan fingerprint density at radius 3 is 2.84 bits per heavy atom. The quantitative estimate of drug-likeness (QED) is 0.832. The Bertz CT molecular complexity index is 416. The number of rotatable bonds is 5. The van der Waals surface area contributed by atoms with Crippen molar-refractivity contribution in [2.45, 2.75) is 32.4 Å². The van der Waals surface area contributed by atoms with Gasteiger partial charge >= 0.3 is 0 Å². The van der Waals surface area contributed by atoms with Gasteiger partial charge in [0.1, 0.15) is 0 Å². The van der Waals surface area contributed by atoms with Crippen LogP contribution >= 0.6 is 0 Å². The maximum absolute atomic E-state index is 11.9. The predicted molar refractivity (Wildman–Crippen MR) is 76.7 cm³/mol. The van der Waals surface area contributed by atoms with E-state index < -0.39 is 0 Å². The molecule has 1 heterocycles.